The van der Waals surface area contributed by atoms with Gasteiger partial charge in [0, 0.05) is 11.6 Å². The summed E-state index contributed by atoms with van der Waals surface area (Å²) in [4.78, 5) is 24.1. The Morgan fingerprint density at radius 1 is 1.53 bits per heavy atom. The Morgan fingerprint density at radius 3 is 2.87 bits per heavy atom. The number of rotatable bonds is 2. The van der Waals surface area contributed by atoms with E-state index < -0.39 is 5.97 Å². The Hall–Kier alpha value is -1.88. The minimum absolute atomic E-state index is 0.0387. The summed E-state index contributed by atoms with van der Waals surface area (Å²) in [5.74, 6) is -1.19. The van der Waals surface area contributed by atoms with Gasteiger partial charge in [0.25, 0.3) is 0 Å². The van der Waals surface area contributed by atoms with E-state index in [2.05, 4.69) is 10.2 Å². The van der Waals surface area contributed by atoms with Gasteiger partial charge in [-0.05, 0) is 17.3 Å². The maximum absolute atomic E-state index is 10.8. The van der Waals surface area contributed by atoms with Crippen LogP contribution in [-0.4, -0.2) is 16.1 Å². The molecule has 0 atom stereocenters. The molecular weight excluding hydrogens is 220 g/mol. The van der Waals surface area contributed by atoms with E-state index in [1.54, 1.807) is 12.3 Å². The number of H-pyrrole nitrogens is 1. The molecular formula is C9H5ClN2O3. The molecule has 1 heterocycles. The van der Waals surface area contributed by atoms with Crippen LogP contribution in [0.5, 0.6) is 0 Å². The number of carbonyl (C=O) groups is 1. The molecule has 0 unspecified atom stereocenters. The third kappa shape index (κ3) is 1.37. The number of carboxylic acid groups (broad SMARTS) is 1. The zero-order valence-corrected chi connectivity index (χ0v) is 8.08. The van der Waals surface area contributed by atoms with E-state index in [4.69, 9.17) is 16.7 Å². The number of nitrogens with one attached hydrogen (secondary N) is 1. The second kappa shape index (κ2) is 3.36. The Balaban J connectivity index is 2.90. The Bertz CT molecular complexity index is 562. The lowest BCUT2D eigenvalue weighted by Crippen LogP contribution is -1.97. The Kier molecular flexibility index (Phi) is 2.17. The minimum atomic E-state index is -1.19. The van der Waals surface area contributed by atoms with Crippen LogP contribution >= 0.6 is 11.6 Å². The Labute approximate surface area is 88.6 Å². The summed E-state index contributed by atoms with van der Waals surface area (Å²) in [6.07, 6.45) is 1.57. The highest BCUT2D eigenvalue weighted by Gasteiger charge is 2.16. The molecule has 76 valence electrons. The summed E-state index contributed by atoms with van der Waals surface area (Å²) in [7, 11) is 0. The van der Waals surface area contributed by atoms with Crippen LogP contribution in [0.15, 0.2) is 23.5 Å². The molecule has 0 amide bonds. The quantitative estimate of drug-likeness (QED) is 0.770. The van der Waals surface area contributed by atoms with E-state index >= 15 is 0 Å². The predicted octanol–water partition coefficient (Wildman–Crippen LogP) is 2.92. The van der Waals surface area contributed by atoms with Crippen molar-refractivity contribution in [3.8, 4) is 0 Å². The Morgan fingerprint density at radius 2 is 2.27 bits per heavy atom. The lowest BCUT2D eigenvalue weighted by atomic mass is 10.1. The molecule has 0 aliphatic rings. The van der Waals surface area contributed by atoms with Crippen LogP contribution in [-0.2, 0) is 0 Å². The summed E-state index contributed by atoms with van der Waals surface area (Å²) in [6.45, 7) is 0. The third-order valence-corrected chi connectivity index (χ3v) is 2.49. The van der Waals surface area contributed by atoms with Crippen molar-refractivity contribution in [1.29, 1.82) is 0 Å². The molecule has 0 fully saturated rings. The van der Waals surface area contributed by atoms with E-state index in [0.717, 1.165) is 6.07 Å². The zero-order chi connectivity index (χ0) is 11.0. The first-order valence-corrected chi connectivity index (χ1v) is 4.39. The fourth-order valence-electron chi connectivity index (χ4n) is 1.41. The maximum Gasteiger partial charge on any atom is 0.337 e. The second-order valence-corrected chi connectivity index (χ2v) is 3.30. The van der Waals surface area contributed by atoms with Crippen LogP contribution in [0.1, 0.15) is 10.4 Å². The molecule has 0 aliphatic heterocycles. The molecule has 0 saturated heterocycles. The van der Waals surface area contributed by atoms with Crippen molar-refractivity contribution in [2.24, 2.45) is 5.18 Å². The summed E-state index contributed by atoms with van der Waals surface area (Å²) < 4.78 is 0. The van der Waals surface area contributed by atoms with Gasteiger partial charge in [-0.25, -0.2) is 4.79 Å². The standard InChI is InChI=1S/C9H5ClN2O3/c10-7-4-1-2-11-8(4)6(12-15)3-5(7)9(13)14/h1-3,11H,(H,13,14). The summed E-state index contributed by atoms with van der Waals surface area (Å²) >= 11 is 5.86. The van der Waals surface area contributed by atoms with Gasteiger partial charge in [0.05, 0.1) is 16.1 Å². The number of hydrogen-bond acceptors (Lipinski definition) is 3. The smallest absolute Gasteiger partial charge is 0.337 e. The van der Waals surface area contributed by atoms with Gasteiger partial charge in [0.15, 0.2) is 0 Å². The van der Waals surface area contributed by atoms with Crippen molar-refractivity contribution in [2.75, 3.05) is 0 Å². The van der Waals surface area contributed by atoms with Crippen LogP contribution in [0.3, 0.4) is 0 Å². The van der Waals surface area contributed by atoms with E-state index in [1.807, 2.05) is 0 Å². The lowest BCUT2D eigenvalue weighted by Gasteiger charge is -2.01. The number of benzene rings is 1. The van der Waals surface area contributed by atoms with E-state index in [1.165, 1.54) is 0 Å². The summed E-state index contributed by atoms with van der Waals surface area (Å²) in [5.41, 5.74) is 0.357. The van der Waals surface area contributed by atoms with Gasteiger partial charge in [-0.15, -0.1) is 4.91 Å². The van der Waals surface area contributed by atoms with Crippen LogP contribution in [0, 0.1) is 4.91 Å². The van der Waals surface area contributed by atoms with Crippen molar-refractivity contribution < 1.29 is 9.90 Å². The van der Waals surface area contributed by atoms with E-state index in [-0.39, 0.29) is 16.3 Å². The molecule has 5 nitrogen and oxygen atoms in total. The number of carboxylic acids is 1. The molecule has 2 aromatic rings. The lowest BCUT2D eigenvalue weighted by molar-refractivity contribution is 0.0697. The number of halogens is 1. The molecule has 0 radical (unpaired) electrons. The third-order valence-electron chi connectivity index (χ3n) is 2.09. The first-order valence-electron chi connectivity index (χ1n) is 4.01. The average Bonchev–Trinajstić information content (AvgIpc) is 2.67. The minimum Gasteiger partial charge on any atom is -0.478 e. The zero-order valence-electron chi connectivity index (χ0n) is 7.32. The molecule has 15 heavy (non-hydrogen) atoms. The number of aromatic nitrogens is 1. The first kappa shape index (κ1) is 9.67. The fourth-order valence-corrected chi connectivity index (χ4v) is 1.70. The van der Waals surface area contributed by atoms with Crippen LogP contribution in [0.2, 0.25) is 5.02 Å². The molecule has 1 aromatic heterocycles. The predicted molar refractivity (Wildman–Crippen MR) is 55.7 cm³/mol. The maximum atomic E-state index is 10.8. The van der Waals surface area contributed by atoms with Gasteiger partial charge in [-0.1, -0.05) is 11.6 Å². The van der Waals surface area contributed by atoms with Crippen LogP contribution in [0.25, 0.3) is 10.9 Å². The highest BCUT2D eigenvalue weighted by molar-refractivity contribution is 6.38. The number of nitroso groups, excluding NO2 is 1. The molecule has 0 spiro atoms. The van der Waals surface area contributed by atoms with Crippen molar-refractivity contribution in [3.63, 3.8) is 0 Å². The second-order valence-electron chi connectivity index (χ2n) is 2.92. The van der Waals surface area contributed by atoms with E-state index in [0.29, 0.717) is 10.9 Å². The average molecular weight is 225 g/mol. The number of hydrogen-bond donors (Lipinski definition) is 2. The first-order chi connectivity index (χ1) is 7.15. The van der Waals surface area contributed by atoms with Gasteiger partial charge in [-0.2, -0.15) is 0 Å². The molecule has 6 heteroatoms. The van der Waals surface area contributed by atoms with Crippen molar-refractivity contribution in [1.82, 2.24) is 4.98 Å². The molecule has 0 aliphatic carbocycles. The summed E-state index contributed by atoms with van der Waals surface area (Å²) in [6, 6.07) is 2.75. The van der Waals surface area contributed by atoms with Gasteiger partial charge >= 0.3 is 5.97 Å². The topological polar surface area (TPSA) is 82.5 Å². The van der Waals surface area contributed by atoms with Crippen LogP contribution in [0.4, 0.5) is 5.69 Å². The van der Waals surface area contributed by atoms with Gasteiger partial charge in [0.1, 0.15) is 5.69 Å². The highest BCUT2D eigenvalue weighted by atomic mass is 35.5. The molecule has 0 bridgehead atoms. The van der Waals surface area contributed by atoms with Crippen molar-refractivity contribution >= 4 is 34.2 Å². The van der Waals surface area contributed by atoms with Gasteiger partial charge in [-0.3, -0.25) is 0 Å². The SMILES string of the molecule is O=Nc1cc(C(=O)O)c(Cl)c2cc[nH]c12. The molecule has 2 N–H and O–H groups in total. The van der Waals surface area contributed by atoms with Crippen molar-refractivity contribution in [2.45, 2.75) is 0 Å². The normalized spacial score (nSPS) is 10.5. The van der Waals surface area contributed by atoms with Crippen LogP contribution < -0.4 is 0 Å². The van der Waals surface area contributed by atoms with Gasteiger partial charge in [0.2, 0.25) is 0 Å². The largest absolute Gasteiger partial charge is 0.478 e. The number of nitrogens with zero attached hydrogens (tertiary/aromatic N) is 1. The van der Waals surface area contributed by atoms with Crippen molar-refractivity contribution in [3.05, 3.63) is 33.8 Å². The molecule has 1 aromatic carbocycles. The number of aromatic amines is 1. The van der Waals surface area contributed by atoms with Gasteiger partial charge < -0.3 is 10.1 Å². The fraction of sp³-hybridized carbons (Fsp3) is 0. The summed E-state index contributed by atoms with van der Waals surface area (Å²) in [5, 5.41) is 12.2. The molecule has 2 rings (SSSR count). The number of aromatic carboxylic acids is 1. The van der Waals surface area contributed by atoms with E-state index in [9.17, 15) is 9.70 Å². The highest BCUT2D eigenvalue weighted by Crippen LogP contribution is 2.33. The number of fused-ring (bicyclic) bond motifs is 1. The molecule has 0 saturated carbocycles. The monoisotopic (exact) mass is 224 g/mol.